The van der Waals surface area contributed by atoms with Crippen molar-refractivity contribution in [1.82, 2.24) is 19.7 Å². The van der Waals surface area contributed by atoms with Crippen molar-refractivity contribution in [3.63, 3.8) is 0 Å². The Morgan fingerprint density at radius 3 is 2.94 bits per heavy atom. The lowest BCUT2D eigenvalue weighted by atomic mass is 10.3. The molecular formula is C10H13BrN4O. The number of nitrogens with zero attached hydrogens (tertiary/aromatic N) is 4. The van der Waals surface area contributed by atoms with Gasteiger partial charge in [0.2, 0.25) is 5.88 Å². The van der Waals surface area contributed by atoms with E-state index in [2.05, 4.69) is 37.9 Å². The average Bonchev–Trinajstić information content (AvgIpc) is 2.64. The first-order valence-corrected chi connectivity index (χ1v) is 5.98. The summed E-state index contributed by atoms with van der Waals surface area (Å²) in [7, 11) is 1.59. The number of hydrogen-bond donors (Lipinski definition) is 0. The Balaban J connectivity index is 2.53. The minimum atomic E-state index is 0.555. The second-order valence-electron chi connectivity index (χ2n) is 3.45. The molecule has 0 bridgehead atoms. The minimum absolute atomic E-state index is 0.555. The predicted octanol–water partition coefficient (Wildman–Crippen LogP) is 2.40. The number of unbranched alkanes of at least 4 members (excludes halogenated alkanes) is 1. The van der Waals surface area contributed by atoms with Gasteiger partial charge >= 0.3 is 0 Å². The minimum Gasteiger partial charge on any atom is -0.480 e. The summed E-state index contributed by atoms with van der Waals surface area (Å²) in [5.74, 6) is 0.555. The molecule has 2 rings (SSSR count). The number of aromatic nitrogens is 4. The van der Waals surface area contributed by atoms with Gasteiger partial charge in [0.1, 0.15) is 16.3 Å². The molecule has 0 saturated carbocycles. The van der Waals surface area contributed by atoms with Gasteiger partial charge in [0.25, 0.3) is 0 Å². The molecule has 2 aromatic heterocycles. The van der Waals surface area contributed by atoms with E-state index in [1.807, 2.05) is 4.68 Å². The largest absolute Gasteiger partial charge is 0.480 e. The van der Waals surface area contributed by atoms with Crippen LogP contribution in [0.3, 0.4) is 0 Å². The Hall–Kier alpha value is -1.17. The van der Waals surface area contributed by atoms with Crippen LogP contribution in [0.25, 0.3) is 11.0 Å². The summed E-state index contributed by atoms with van der Waals surface area (Å²) in [6.45, 7) is 3.01. The quantitative estimate of drug-likeness (QED) is 0.865. The van der Waals surface area contributed by atoms with Crippen LogP contribution in [0, 0.1) is 0 Å². The summed E-state index contributed by atoms with van der Waals surface area (Å²) < 4.78 is 7.81. The zero-order chi connectivity index (χ0) is 11.5. The maximum Gasteiger partial charge on any atom is 0.228 e. The van der Waals surface area contributed by atoms with E-state index in [4.69, 9.17) is 4.74 Å². The summed E-state index contributed by atoms with van der Waals surface area (Å²) in [5.41, 5.74) is 0.812. The van der Waals surface area contributed by atoms with Gasteiger partial charge in [0, 0.05) is 6.54 Å². The molecule has 16 heavy (non-hydrogen) atoms. The van der Waals surface area contributed by atoms with Gasteiger partial charge in [0.15, 0.2) is 5.65 Å². The van der Waals surface area contributed by atoms with E-state index in [9.17, 15) is 0 Å². The molecule has 2 heterocycles. The van der Waals surface area contributed by atoms with Crippen LogP contribution in [0.15, 0.2) is 10.9 Å². The smallest absolute Gasteiger partial charge is 0.228 e. The summed E-state index contributed by atoms with van der Waals surface area (Å²) in [6, 6.07) is 0. The molecule has 2 aromatic rings. The molecule has 0 aromatic carbocycles. The van der Waals surface area contributed by atoms with Gasteiger partial charge in [0.05, 0.1) is 7.11 Å². The van der Waals surface area contributed by atoms with Gasteiger partial charge in [-0.25, -0.2) is 14.6 Å². The molecular weight excluding hydrogens is 272 g/mol. The van der Waals surface area contributed by atoms with Crippen LogP contribution in [0.4, 0.5) is 0 Å². The van der Waals surface area contributed by atoms with Gasteiger partial charge in [-0.2, -0.15) is 5.10 Å². The fraction of sp³-hybridized carbons (Fsp3) is 0.500. The monoisotopic (exact) mass is 284 g/mol. The zero-order valence-corrected chi connectivity index (χ0v) is 10.9. The van der Waals surface area contributed by atoms with Crippen molar-refractivity contribution in [1.29, 1.82) is 0 Å². The van der Waals surface area contributed by atoms with E-state index in [0.717, 1.165) is 35.0 Å². The highest BCUT2D eigenvalue weighted by Gasteiger charge is 2.14. The number of ether oxygens (including phenoxy) is 1. The van der Waals surface area contributed by atoms with E-state index in [0.29, 0.717) is 5.88 Å². The van der Waals surface area contributed by atoms with Gasteiger partial charge in [-0.3, -0.25) is 0 Å². The maximum absolute atomic E-state index is 5.19. The summed E-state index contributed by atoms with van der Waals surface area (Å²) in [4.78, 5) is 8.31. The number of hydrogen-bond acceptors (Lipinski definition) is 4. The number of methoxy groups -OCH3 is 1. The third kappa shape index (κ3) is 1.89. The first-order chi connectivity index (χ1) is 7.77. The van der Waals surface area contributed by atoms with E-state index < -0.39 is 0 Å². The number of fused-ring (bicyclic) bond motifs is 1. The second-order valence-corrected chi connectivity index (χ2v) is 4.20. The fourth-order valence-corrected chi connectivity index (χ4v) is 2.10. The lowest BCUT2D eigenvalue weighted by Crippen LogP contribution is -2.01. The Kier molecular flexibility index (Phi) is 3.38. The molecule has 0 fully saturated rings. The van der Waals surface area contributed by atoms with Crippen LogP contribution < -0.4 is 4.74 Å². The Labute approximate surface area is 102 Å². The normalized spacial score (nSPS) is 10.9. The van der Waals surface area contributed by atoms with Crippen LogP contribution in [-0.2, 0) is 6.54 Å². The lowest BCUT2D eigenvalue weighted by molar-refractivity contribution is 0.402. The molecule has 0 aliphatic heterocycles. The standard InChI is InChI=1S/C10H13BrN4O/c1-3-4-5-15-9-7(8(11)14-15)10(16-2)13-6-12-9/h6H,3-5H2,1-2H3. The molecule has 0 N–H and O–H groups in total. The van der Waals surface area contributed by atoms with Crippen molar-refractivity contribution >= 4 is 27.0 Å². The van der Waals surface area contributed by atoms with Crippen LogP contribution >= 0.6 is 15.9 Å². The van der Waals surface area contributed by atoms with Crippen molar-refractivity contribution in [2.24, 2.45) is 0 Å². The number of aryl methyl sites for hydroxylation is 1. The SMILES string of the molecule is CCCCn1nc(Br)c2c(OC)ncnc21. The topological polar surface area (TPSA) is 52.8 Å². The second kappa shape index (κ2) is 4.78. The van der Waals surface area contributed by atoms with Crippen LogP contribution in [-0.4, -0.2) is 26.9 Å². The van der Waals surface area contributed by atoms with E-state index >= 15 is 0 Å². The highest BCUT2D eigenvalue weighted by atomic mass is 79.9. The Morgan fingerprint density at radius 2 is 2.25 bits per heavy atom. The van der Waals surface area contributed by atoms with Crippen LogP contribution in [0.1, 0.15) is 19.8 Å². The third-order valence-corrected chi connectivity index (χ3v) is 2.92. The molecule has 0 saturated heterocycles. The zero-order valence-electron chi connectivity index (χ0n) is 9.27. The number of halogens is 1. The first-order valence-electron chi connectivity index (χ1n) is 5.19. The summed E-state index contributed by atoms with van der Waals surface area (Å²) >= 11 is 3.41. The van der Waals surface area contributed by atoms with Gasteiger partial charge in [-0.05, 0) is 22.4 Å². The molecule has 0 aliphatic rings. The highest BCUT2D eigenvalue weighted by molar-refractivity contribution is 9.10. The average molecular weight is 285 g/mol. The molecule has 5 nitrogen and oxygen atoms in total. The molecule has 0 radical (unpaired) electrons. The Bertz CT molecular complexity index is 497. The van der Waals surface area contributed by atoms with Crippen molar-refractivity contribution in [3.8, 4) is 5.88 Å². The van der Waals surface area contributed by atoms with Crippen molar-refractivity contribution in [2.45, 2.75) is 26.3 Å². The van der Waals surface area contributed by atoms with Gasteiger partial charge in [-0.1, -0.05) is 13.3 Å². The van der Waals surface area contributed by atoms with Gasteiger partial charge < -0.3 is 4.74 Å². The third-order valence-electron chi connectivity index (χ3n) is 2.37. The molecule has 0 unspecified atom stereocenters. The number of rotatable bonds is 4. The van der Waals surface area contributed by atoms with Crippen molar-refractivity contribution in [3.05, 3.63) is 10.9 Å². The van der Waals surface area contributed by atoms with E-state index in [1.165, 1.54) is 6.33 Å². The molecule has 86 valence electrons. The highest BCUT2D eigenvalue weighted by Crippen LogP contribution is 2.28. The Morgan fingerprint density at radius 1 is 1.44 bits per heavy atom. The summed E-state index contributed by atoms with van der Waals surface area (Å²) in [5, 5.41) is 5.22. The summed E-state index contributed by atoms with van der Waals surface area (Å²) in [6.07, 6.45) is 3.70. The molecule has 0 spiro atoms. The fourth-order valence-electron chi connectivity index (χ4n) is 1.56. The van der Waals surface area contributed by atoms with E-state index in [-0.39, 0.29) is 0 Å². The molecule has 0 atom stereocenters. The van der Waals surface area contributed by atoms with Crippen molar-refractivity contribution in [2.75, 3.05) is 7.11 Å². The van der Waals surface area contributed by atoms with Crippen LogP contribution in [0.2, 0.25) is 0 Å². The van der Waals surface area contributed by atoms with Gasteiger partial charge in [-0.15, -0.1) is 0 Å². The lowest BCUT2D eigenvalue weighted by Gasteiger charge is -2.01. The first kappa shape index (κ1) is 11.3. The predicted molar refractivity (Wildman–Crippen MR) is 64.5 cm³/mol. The molecule has 6 heteroatoms. The van der Waals surface area contributed by atoms with Crippen molar-refractivity contribution < 1.29 is 4.74 Å². The molecule has 0 amide bonds. The van der Waals surface area contributed by atoms with Crippen LogP contribution in [0.5, 0.6) is 5.88 Å². The maximum atomic E-state index is 5.19. The molecule has 0 aliphatic carbocycles. The van der Waals surface area contributed by atoms with E-state index in [1.54, 1.807) is 7.11 Å².